The van der Waals surface area contributed by atoms with Crippen LogP contribution in [0.5, 0.6) is 0 Å². The van der Waals surface area contributed by atoms with E-state index in [0.29, 0.717) is 5.56 Å². The van der Waals surface area contributed by atoms with Crippen LogP contribution in [-0.2, 0) is 15.7 Å². The number of ether oxygens (including phenoxy) is 1. The maximum absolute atomic E-state index is 13.0. The molecule has 1 atom stereocenters. The molecule has 0 heterocycles. The summed E-state index contributed by atoms with van der Waals surface area (Å²) in [5.41, 5.74) is -0.0923. The van der Waals surface area contributed by atoms with Gasteiger partial charge < -0.3 is 9.84 Å². The van der Waals surface area contributed by atoms with Crippen LogP contribution >= 0.6 is 0 Å². The molecule has 23 heavy (non-hydrogen) atoms. The molecule has 1 unspecified atom stereocenters. The average molecular weight is 324 g/mol. The maximum Gasteiger partial charge on any atom is 0.417 e. The summed E-state index contributed by atoms with van der Waals surface area (Å²) in [6.45, 7) is 1.74. The molecule has 122 valence electrons. The van der Waals surface area contributed by atoms with Crippen molar-refractivity contribution in [3.63, 3.8) is 0 Å². The number of carbonyl (C=O) groups excluding carboxylic acids is 1. The van der Waals surface area contributed by atoms with Crippen LogP contribution < -0.4 is 0 Å². The van der Waals surface area contributed by atoms with E-state index in [1.165, 1.54) is 42.5 Å². The predicted molar refractivity (Wildman–Crippen MR) is 78.5 cm³/mol. The van der Waals surface area contributed by atoms with E-state index < -0.39 is 23.8 Å². The number of carbonyl (C=O) groups is 1. The molecule has 2 aromatic carbocycles. The molecule has 0 aliphatic heterocycles. The van der Waals surface area contributed by atoms with E-state index in [9.17, 15) is 23.1 Å². The van der Waals surface area contributed by atoms with Gasteiger partial charge in [0, 0.05) is 0 Å². The summed E-state index contributed by atoms with van der Waals surface area (Å²) >= 11 is 0. The average Bonchev–Trinajstić information content (AvgIpc) is 2.54. The first kappa shape index (κ1) is 17.0. The maximum atomic E-state index is 13.0. The van der Waals surface area contributed by atoms with Gasteiger partial charge in [0.25, 0.3) is 0 Å². The third-order valence-electron chi connectivity index (χ3n) is 3.28. The molecule has 2 rings (SSSR count). The van der Waals surface area contributed by atoms with Gasteiger partial charge in [-0.15, -0.1) is 0 Å². The smallest absolute Gasteiger partial charge is 0.417 e. The lowest BCUT2D eigenvalue weighted by atomic mass is 9.97. The van der Waals surface area contributed by atoms with Gasteiger partial charge in [0.15, 0.2) is 6.10 Å². The first-order chi connectivity index (χ1) is 10.8. The van der Waals surface area contributed by atoms with E-state index in [0.717, 1.165) is 6.07 Å². The zero-order chi connectivity index (χ0) is 17.0. The first-order valence-electron chi connectivity index (χ1n) is 6.96. The van der Waals surface area contributed by atoms with E-state index in [-0.39, 0.29) is 17.7 Å². The monoisotopic (exact) mass is 324 g/mol. The Bertz CT molecular complexity index is 678. The Labute approximate surface area is 131 Å². The highest BCUT2D eigenvalue weighted by molar-refractivity contribution is 5.77. The van der Waals surface area contributed by atoms with Crippen molar-refractivity contribution in [2.45, 2.75) is 19.2 Å². The molecule has 0 saturated carbocycles. The summed E-state index contributed by atoms with van der Waals surface area (Å²) in [5.74, 6) is -0.795. The second kappa shape index (κ2) is 6.83. The molecular weight excluding hydrogens is 309 g/mol. The number of rotatable bonds is 4. The van der Waals surface area contributed by atoms with Gasteiger partial charge in [0.05, 0.1) is 12.2 Å². The topological polar surface area (TPSA) is 46.5 Å². The molecule has 6 heteroatoms. The first-order valence-corrected chi connectivity index (χ1v) is 6.96. The molecule has 0 aromatic heterocycles. The van der Waals surface area contributed by atoms with Crippen molar-refractivity contribution in [3.05, 3.63) is 59.7 Å². The minimum atomic E-state index is -4.46. The van der Waals surface area contributed by atoms with Crippen molar-refractivity contribution in [3.8, 4) is 11.1 Å². The van der Waals surface area contributed by atoms with Gasteiger partial charge in [0.1, 0.15) is 0 Å². The van der Waals surface area contributed by atoms with Gasteiger partial charge in [0.2, 0.25) is 0 Å². The van der Waals surface area contributed by atoms with Crippen molar-refractivity contribution in [1.29, 1.82) is 0 Å². The highest BCUT2D eigenvalue weighted by Gasteiger charge is 2.33. The Kier molecular flexibility index (Phi) is 5.05. The minimum Gasteiger partial charge on any atom is -0.464 e. The molecule has 0 aliphatic carbocycles. The number of alkyl halides is 3. The summed E-state index contributed by atoms with van der Waals surface area (Å²) in [6.07, 6.45) is -5.92. The van der Waals surface area contributed by atoms with Crippen molar-refractivity contribution >= 4 is 5.97 Å². The van der Waals surface area contributed by atoms with Crippen LogP contribution in [0.2, 0.25) is 0 Å². The quantitative estimate of drug-likeness (QED) is 0.866. The lowest BCUT2D eigenvalue weighted by molar-refractivity contribution is -0.153. The molecular formula is C17H15F3O3. The number of benzene rings is 2. The van der Waals surface area contributed by atoms with E-state index in [1.807, 2.05) is 0 Å². The Morgan fingerprint density at radius 1 is 1.13 bits per heavy atom. The van der Waals surface area contributed by atoms with Crippen LogP contribution in [-0.4, -0.2) is 17.7 Å². The van der Waals surface area contributed by atoms with Crippen LogP contribution in [0.3, 0.4) is 0 Å². The molecule has 0 bridgehead atoms. The summed E-state index contributed by atoms with van der Waals surface area (Å²) in [7, 11) is 0. The standard InChI is InChI=1S/C17H15F3O3/c1-2-23-16(22)15(21)12-9-7-11(8-10-12)13-5-3-4-6-14(13)17(18,19)20/h3-10,15,21H,2H2,1H3. The fraction of sp³-hybridized carbons (Fsp3) is 0.235. The number of hydrogen-bond acceptors (Lipinski definition) is 3. The van der Waals surface area contributed by atoms with Gasteiger partial charge in [-0.2, -0.15) is 13.2 Å². The molecule has 2 aromatic rings. The van der Waals surface area contributed by atoms with Gasteiger partial charge in [-0.25, -0.2) is 4.79 Å². The Hall–Kier alpha value is -2.34. The van der Waals surface area contributed by atoms with Gasteiger partial charge in [-0.3, -0.25) is 0 Å². The van der Waals surface area contributed by atoms with E-state index >= 15 is 0 Å². The van der Waals surface area contributed by atoms with Crippen LogP contribution in [0.15, 0.2) is 48.5 Å². The Morgan fingerprint density at radius 2 is 1.74 bits per heavy atom. The third-order valence-corrected chi connectivity index (χ3v) is 3.28. The largest absolute Gasteiger partial charge is 0.464 e. The summed E-state index contributed by atoms with van der Waals surface area (Å²) in [4.78, 5) is 11.5. The number of halogens is 3. The summed E-state index contributed by atoms with van der Waals surface area (Å²) < 4.78 is 43.8. The van der Waals surface area contributed by atoms with Crippen molar-refractivity contribution in [1.82, 2.24) is 0 Å². The van der Waals surface area contributed by atoms with E-state index in [1.54, 1.807) is 6.92 Å². The molecule has 0 fully saturated rings. The predicted octanol–water partition coefficient (Wildman–Crippen LogP) is 3.97. The normalized spacial score (nSPS) is 12.7. The second-order valence-corrected chi connectivity index (χ2v) is 4.82. The van der Waals surface area contributed by atoms with Crippen LogP contribution in [0, 0.1) is 0 Å². The SMILES string of the molecule is CCOC(=O)C(O)c1ccc(-c2ccccc2C(F)(F)F)cc1. The minimum absolute atomic E-state index is 0.0391. The fourth-order valence-electron chi connectivity index (χ4n) is 2.18. The van der Waals surface area contributed by atoms with Gasteiger partial charge >= 0.3 is 12.1 Å². The van der Waals surface area contributed by atoms with Crippen molar-refractivity contribution in [2.24, 2.45) is 0 Å². The van der Waals surface area contributed by atoms with Gasteiger partial charge in [-0.1, -0.05) is 42.5 Å². The van der Waals surface area contributed by atoms with Crippen molar-refractivity contribution in [2.75, 3.05) is 6.61 Å². The van der Waals surface area contributed by atoms with Crippen LogP contribution in [0.1, 0.15) is 24.2 Å². The summed E-state index contributed by atoms with van der Waals surface area (Å²) in [5, 5.41) is 9.81. The molecule has 0 spiro atoms. The highest BCUT2D eigenvalue weighted by Crippen LogP contribution is 2.37. The molecule has 0 saturated heterocycles. The van der Waals surface area contributed by atoms with E-state index in [4.69, 9.17) is 4.74 Å². The number of hydrogen-bond donors (Lipinski definition) is 1. The van der Waals surface area contributed by atoms with Gasteiger partial charge in [-0.05, 0) is 29.7 Å². The van der Waals surface area contributed by atoms with Crippen LogP contribution in [0.4, 0.5) is 13.2 Å². The lowest BCUT2D eigenvalue weighted by Crippen LogP contribution is -2.15. The molecule has 0 radical (unpaired) electrons. The number of aliphatic hydroxyl groups excluding tert-OH is 1. The van der Waals surface area contributed by atoms with Crippen molar-refractivity contribution < 1.29 is 27.8 Å². The van der Waals surface area contributed by atoms with E-state index in [2.05, 4.69) is 0 Å². The number of aliphatic hydroxyl groups is 1. The third kappa shape index (κ3) is 3.90. The second-order valence-electron chi connectivity index (χ2n) is 4.82. The summed E-state index contributed by atoms with van der Waals surface area (Å²) in [6, 6.07) is 10.9. The molecule has 0 aliphatic rings. The zero-order valence-electron chi connectivity index (χ0n) is 12.3. The Balaban J connectivity index is 2.33. The lowest BCUT2D eigenvalue weighted by Gasteiger charge is -2.14. The van der Waals surface area contributed by atoms with Crippen LogP contribution in [0.25, 0.3) is 11.1 Å². The fourth-order valence-corrected chi connectivity index (χ4v) is 2.18. The molecule has 3 nitrogen and oxygen atoms in total. The zero-order valence-corrected chi connectivity index (χ0v) is 12.3. The molecule has 0 amide bonds. The molecule has 1 N–H and O–H groups in total. The number of esters is 1. The Morgan fingerprint density at radius 3 is 2.30 bits per heavy atom. The highest BCUT2D eigenvalue weighted by atomic mass is 19.4.